The van der Waals surface area contributed by atoms with Crippen LogP contribution in [0.5, 0.6) is 0 Å². The molecule has 0 fully saturated rings. The van der Waals surface area contributed by atoms with E-state index in [1.54, 1.807) is 18.4 Å². The van der Waals surface area contributed by atoms with E-state index in [1.165, 1.54) is 0 Å². The third-order valence-corrected chi connectivity index (χ3v) is 4.10. The van der Waals surface area contributed by atoms with E-state index in [2.05, 4.69) is 32.9 Å². The lowest BCUT2D eigenvalue weighted by atomic mass is 10.1. The highest BCUT2D eigenvalue weighted by atomic mass is 32.1. The van der Waals surface area contributed by atoms with Crippen LogP contribution in [0.15, 0.2) is 35.7 Å². The summed E-state index contributed by atoms with van der Waals surface area (Å²) in [6, 6.07) is 10.2. The molecule has 0 bridgehead atoms. The van der Waals surface area contributed by atoms with Crippen molar-refractivity contribution in [3.05, 3.63) is 41.5 Å². The number of aromatic nitrogens is 2. The molecule has 0 saturated carbocycles. The topological polar surface area (TPSA) is 73.1 Å². The molecule has 0 spiro atoms. The van der Waals surface area contributed by atoms with E-state index >= 15 is 0 Å². The number of nitrogen functional groups attached to an aromatic ring is 1. The minimum Gasteiger partial charge on any atom is -0.384 e. The van der Waals surface area contributed by atoms with Crippen LogP contribution in [0.1, 0.15) is 5.82 Å². The molecular weight excluding hydrogens is 284 g/mol. The molecule has 0 radical (unpaired) electrons. The molecule has 0 amide bonds. The van der Waals surface area contributed by atoms with Crippen molar-refractivity contribution in [3.63, 3.8) is 0 Å². The van der Waals surface area contributed by atoms with E-state index in [0.29, 0.717) is 18.8 Å². The molecule has 1 aromatic carbocycles. The molecule has 0 unspecified atom stereocenters. The second-order valence-corrected chi connectivity index (χ2v) is 5.43. The molecule has 2 aromatic heterocycles. The Balaban J connectivity index is 2.13. The van der Waals surface area contributed by atoms with E-state index in [-0.39, 0.29) is 0 Å². The number of nitrogens with two attached hydrogens (primary N) is 1. The Morgan fingerprint density at radius 2 is 2.05 bits per heavy atom. The zero-order chi connectivity index (χ0) is 14.7. The summed E-state index contributed by atoms with van der Waals surface area (Å²) in [4.78, 5) is 10.0. The van der Waals surface area contributed by atoms with Gasteiger partial charge in [0.1, 0.15) is 10.7 Å². The minimum atomic E-state index is 0.590. The zero-order valence-corrected chi connectivity index (χ0v) is 12.5. The smallest absolute Gasteiger partial charge is 0.153 e. The molecule has 0 saturated heterocycles. The molecule has 2 heterocycles. The molecule has 21 heavy (non-hydrogen) atoms. The molecule has 0 atom stereocenters. The van der Waals surface area contributed by atoms with Gasteiger partial charge >= 0.3 is 0 Å². The predicted molar refractivity (Wildman–Crippen MR) is 86.2 cm³/mol. The Morgan fingerprint density at radius 1 is 1.24 bits per heavy atom. The van der Waals surface area contributed by atoms with Crippen LogP contribution in [0.4, 0.5) is 5.82 Å². The normalized spacial score (nSPS) is 11.0. The Morgan fingerprint density at radius 3 is 2.76 bits per heavy atom. The van der Waals surface area contributed by atoms with Crippen LogP contribution in [0, 0.1) is 0 Å². The second-order valence-electron chi connectivity index (χ2n) is 4.57. The van der Waals surface area contributed by atoms with Crippen LogP contribution in [0.3, 0.4) is 0 Å². The summed E-state index contributed by atoms with van der Waals surface area (Å²) in [6.07, 6.45) is 0.666. The number of hydrazine groups is 1. The fraction of sp³-hybridized carbons (Fsp3) is 0.200. The molecule has 3 aromatic rings. The number of rotatable bonds is 5. The molecule has 0 aliphatic rings. The minimum absolute atomic E-state index is 0.590. The monoisotopic (exact) mass is 300 g/mol. The fourth-order valence-corrected chi connectivity index (χ4v) is 3.19. The van der Waals surface area contributed by atoms with Crippen molar-refractivity contribution >= 4 is 27.4 Å². The van der Waals surface area contributed by atoms with Crippen LogP contribution >= 0.6 is 11.3 Å². The van der Waals surface area contributed by atoms with Crippen molar-refractivity contribution in [2.45, 2.75) is 6.42 Å². The average molecular weight is 300 g/mol. The third kappa shape index (κ3) is 2.73. The van der Waals surface area contributed by atoms with E-state index < -0.39 is 0 Å². The summed E-state index contributed by atoms with van der Waals surface area (Å²) in [5, 5.41) is 3.06. The van der Waals surface area contributed by atoms with Gasteiger partial charge in [0, 0.05) is 24.5 Å². The standard InChI is InChI=1S/C15H16N4OS/c1-20-8-7-12-17-14(19-16)13-11(9-21-15(13)18-12)10-5-3-2-4-6-10/h2-6,9H,7-8,16H2,1H3,(H,17,18,19). The number of hydrogen-bond donors (Lipinski definition) is 2. The summed E-state index contributed by atoms with van der Waals surface area (Å²) in [5.74, 6) is 7.05. The summed E-state index contributed by atoms with van der Waals surface area (Å²) >= 11 is 1.60. The summed E-state index contributed by atoms with van der Waals surface area (Å²) < 4.78 is 5.08. The van der Waals surface area contributed by atoms with Gasteiger partial charge in [-0.05, 0) is 5.56 Å². The molecule has 108 valence electrons. The highest BCUT2D eigenvalue weighted by Gasteiger charge is 2.14. The molecule has 3 N–H and O–H groups in total. The van der Waals surface area contributed by atoms with Gasteiger partial charge in [-0.3, -0.25) is 0 Å². The molecule has 3 rings (SSSR count). The zero-order valence-electron chi connectivity index (χ0n) is 11.7. The van der Waals surface area contributed by atoms with Gasteiger partial charge in [-0.2, -0.15) is 0 Å². The number of nitrogens with one attached hydrogen (secondary N) is 1. The lowest BCUT2D eigenvalue weighted by Gasteiger charge is -2.07. The Hall–Kier alpha value is -2.02. The quantitative estimate of drug-likeness (QED) is 0.560. The second kappa shape index (κ2) is 6.17. The van der Waals surface area contributed by atoms with Crippen LogP contribution < -0.4 is 11.3 Å². The fourth-order valence-electron chi connectivity index (χ4n) is 2.23. The first kappa shape index (κ1) is 13.9. The molecule has 0 aliphatic heterocycles. The van der Waals surface area contributed by atoms with Crippen LogP contribution in [-0.2, 0) is 11.2 Å². The molecule has 0 aliphatic carbocycles. The van der Waals surface area contributed by atoms with Crippen molar-refractivity contribution in [1.29, 1.82) is 0 Å². The predicted octanol–water partition coefficient (Wildman–Crippen LogP) is 2.83. The van der Waals surface area contributed by atoms with Crippen molar-refractivity contribution < 1.29 is 4.74 Å². The number of fused-ring (bicyclic) bond motifs is 1. The number of methoxy groups -OCH3 is 1. The van der Waals surface area contributed by atoms with Gasteiger partial charge in [-0.25, -0.2) is 15.8 Å². The SMILES string of the molecule is COCCc1nc(NN)c2c(-c3ccccc3)csc2n1. The maximum absolute atomic E-state index is 5.65. The molecular formula is C15H16N4OS. The van der Waals surface area contributed by atoms with E-state index in [1.807, 2.05) is 18.2 Å². The van der Waals surface area contributed by atoms with Gasteiger partial charge in [0.25, 0.3) is 0 Å². The van der Waals surface area contributed by atoms with Gasteiger partial charge in [-0.1, -0.05) is 30.3 Å². The van der Waals surface area contributed by atoms with Crippen LogP contribution in [-0.4, -0.2) is 23.7 Å². The highest BCUT2D eigenvalue weighted by molar-refractivity contribution is 7.17. The Bertz CT molecular complexity index is 742. The van der Waals surface area contributed by atoms with Crippen molar-refractivity contribution in [2.75, 3.05) is 19.1 Å². The largest absolute Gasteiger partial charge is 0.384 e. The third-order valence-electron chi connectivity index (χ3n) is 3.23. The lowest BCUT2D eigenvalue weighted by Crippen LogP contribution is -2.11. The summed E-state index contributed by atoms with van der Waals surface area (Å²) in [5.41, 5.74) is 4.93. The number of anilines is 1. The van der Waals surface area contributed by atoms with Gasteiger partial charge in [0.15, 0.2) is 5.82 Å². The number of benzene rings is 1. The number of nitrogens with zero attached hydrogens (tertiary/aromatic N) is 2. The first-order chi connectivity index (χ1) is 10.3. The number of thiophene rings is 1. The van der Waals surface area contributed by atoms with Crippen LogP contribution in [0.2, 0.25) is 0 Å². The van der Waals surface area contributed by atoms with Gasteiger partial charge in [-0.15, -0.1) is 11.3 Å². The van der Waals surface area contributed by atoms with Crippen molar-refractivity contribution in [1.82, 2.24) is 9.97 Å². The van der Waals surface area contributed by atoms with Gasteiger partial charge in [0.2, 0.25) is 0 Å². The first-order valence-corrected chi connectivity index (χ1v) is 7.50. The summed E-state index contributed by atoms with van der Waals surface area (Å²) in [6.45, 7) is 0.590. The highest BCUT2D eigenvalue weighted by Crippen LogP contribution is 2.36. The summed E-state index contributed by atoms with van der Waals surface area (Å²) in [7, 11) is 1.67. The maximum Gasteiger partial charge on any atom is 0.153 e. The van der Waals surface area contributed by atoms with E-state index in [9.17, 15) is 0 Å². The first-order valence-electron chi connectivity index (χ1n) is 6.62. The maximum atomic E-state index is 5.65. The van der Waals surface area contributed by atoms with Crippen molar-refractivity contribution in [2.24, 2.45) is 5.84 Å². The van der Waals surface area contributed by atoms with Crippen LogP contribution in [0.25, 0.3) is 21.3 Å². The van der Waals surface area contributed by atoms with E-state index in [4.69, 9.17) is 10.6 Å². The molecule has 5 nitrogen and oxygen atoms in total. The van der Waals surface area contributed by atoms with Gasteiger partial charge < -0.3 is 10.2 Å². The van der Waals surface area contributed by atoms with Gasteiger partial charge in [0.05, 0.1) is 12.0 Å². The lowest BCUT2D eigenvalue weighted by molar-refractivity contribution is 0.200. The van der Waals surface area contributed by atoms with E-state index in [0.717, 1.165) is 27.2 Å². The molecule has 6 heteroatoms. The number of hydrogen-bond acceptors (Lipinski definition) is 6. The number of ether oxygens (including phenoxy) is 1. The Labute approximate surface area is 126 Å². The van der Waals surface area contributed by atoms with Crippen molar-refractivity contribution in [3.8, 4) is 11.1 Å². The Kier molecular flexibility index (Phi) is 4.10. The average Bonchev–Trinajstić information content (AvgIpc) is 2.97.